The van der Waals surface area contributed by atoms with Gasteiger partial charge in [-0.15, -0.1) is 0 Å². The number of aromatic nitrogens is 2. The quantitative estimate of drug-likeness (QED) is 0.863. The molecule has 1 saturated heterocycles. The predicted octanol–water partition coefficient (Wildman–Crippen LogP) is 1.81. The van der Waals surface area contributed by atoms with Crippen molar-refractivity contribution in [2.24, 2.45) is 0 Å². The molecule has 2 unspecified atom stereocenters. The lowest BCUT2D eigenvalue weighted by molar-refractivity contribution is 0.0496. The van der Waals surface area contributed by atoms with Gasteiger partial charge in [-0.25, -0.2) is 0 Å². The van der Waals surface area contributed by atoms with Crippen molar-refractivity contribution < 1.29 is 9.84 Å². The van der Waals surface area contributed by atoms with Crippen molar-refractivity contribution >= 4 is 15.9 Å². The number of halogens is 1. The van der Waals surface area contributed by atoms with Crippen LogP contribution in [0.3, 0.4) is 0 Å². The molecule has 1 aromatic rings. The smallest absolute Gasteiger partial charge is 0.0992 e. The molecule has 5 nitrogen and oxygen atoms in total. The first-order valence-electron chi connectivity index (χ1n) is 6.73. The van der Waals surface area contributed by atoms with E-state index in [-0.39, 0.29) is 6.10 Å². The van der Waals surface area contributed by atoms with Gasteiger partial charge in [-0.1, -0.05) is 0 Å². The van der Waals surface area contributed by atoms with Gasteiger partial charge in [0.25, 0.3) is 0 Å². The van der Waals surface area contributed by atoms with Crippen LogP contribution in [0, 0.1) is 0 Å². The minimum atomic E-state index is -0.526. The van der Waals surface area contributed by atoms with Crippen LogP contribution in [0.25, 0.3) is 0 Å². The molecular weight excluding hydrogens is 310 g/mol. The minimum absolute atomic E-state index is 0.180. The summed E-state index contributed by atoms with van der Waals surface area (Å²) < 4.78 is 8.34. The van der Waals surface area contributed by atoms with Crippen LogP contribution in [-0.4, -0.2) is 53.1 Å². The highest BCUT2D eigenvalue weighted by Crippen LogP contribution is 2.29. The van der Waals surface area contributed by atoms with Gasteiger partial charge in [-0.2, -0.15) is 5.10 Å². The third-order valence-electron chi connectivity index (χ3n) is 3.42. The van der Waals surface area contributed by atoms with Crippen molar-refractivity contribution in [2.45, 2.75) is 38.0 Å². The first-order chi connectivity index (χ1) is 9.08. The molecule has 1 aromatic heterocycles. The molecule has 1 aliphatic rings. The van der Waals surface area contributed by atoms with Crippen LogP contribution in [0.4, 0.5) is 0 Å². The summed E-state index contributed by atoms with van der Waals surface area (Å²) >= 11 is 3.48. The molecule has 2 heterocycles. The van der Waals surface area contributed by atoms with Gasteiger partial charge in [-0.3, -0.25) is 4.68 Å². The topological polar surface area (TPSA) is 50.5 Å². The largest absolute Gasteiger partial charge is 0.387 e. The molecular formula is C13H22BrN3O2. The van der Waals surface area contributed by atoms with Crippen molar-refractivity contribution in [3.63, 3.8) is 0 Å². The lowest BCUT2D eigenvalue weighted by Gasteiger charge is -2.18. The summed E-state index contributed by atoms with van der Waals surface area (Å²) in [6.07, 6.45) is 4.19. The molecule has 108 valence electrons. The molecule has 1 aliphatic heterocycles. The highest BCUT2D eigenvalue weighted by atomic mass is 79.9. The Morgan fingerprint density at radius 1 is 1.63 bits per heavy atom. The summed E-state index contributed by atoms with van der Waals surface area (Å²) in [5.74, 6) is 0. The maximum Gasteiger partial charge on any atom is 0.0992 e. The molecule has 0 saturated carbocycles. The SMILES string of the molecule is CN(C)CCn1ncc(Br)c1C(O)CC1CCCO1. The van der Waals surface area contributed by atoms with E-state index in [0.717, 1.165) is 42.7 Å². The van der Waals surface area contributed by atoms with Crippen molar-refractivity contribution in [3.8, 4) is 0 Å². The number of ether oxygens (including phenoxy) is 1. The van der Waals surface area contributed by atoms with Crippen LogP contribution < -0.4 is 0 Å². The lowest BCUT2D eigenvalue weighted by Crippen LogP contribution is -2.22. The maximum atomic E-state index is 10.4. The first kappa shape index (κ1) is 15.0. The summed E-state index contributed by atoms with van der Waals surface area (Å²) in [5.41, 5.74) is 0.859. The number of nitrogens with zero attached hydrogens (tertiary/aromatic N) is 3. The van der Waals surface area contributed by atoms with Crippen LogP contribution in [0.15, 0.2) is 10.7 Å². The van der Waals surface area contributed by atoms with E-state index in [1.54, 1.807) is 6.20 Å². The fraction of sp³-hybridized carbons (Fsp3) is 0.769. The second-order valence-electron chi connectivity index (χ2n) is 5.29. The Balaban J connectivity index is 2.02. The fourth-order valence-electron chi connectivity index (χ4n) is 2.37. The lowest BCUT2D eigenvalue weighted by atomic mass is 10.1. The van der Waals surface area contributed by atoms with Crippen molar-refractivity contribution in [1.29, 1.82) is 0 Å². The van der Waals surface area contributed by atoms with Crippen molar-refractivity contribution in [3.05, 3.63) is 16.4 Å². The van der Waals surface area contributed by atoms with E-state index in [4.69, 9.17) is 4.74 Å². The Morgan fingerprint density at radius 3 is 3.05 bits per heavy atom. The third-order valence-corrected chi connectivity index (χ3v) is 4.03. The van der Waals surface area contributed by atoms with Crippen LogP contribution in [0.1, 0.15) is 31.1 Å². The van der Waals surface area contributed by atoms with E-state index in [2.05, 4.69) is 25.9 Å². The molecule has 19 heavy (non-hydrogen) atoms. The zero-order valence-electron chi connectivity index (χ0n) is 11.5. The standard InChI is InChI=1S/C13H22BrN3O2/c1-16(2)5-6-17-13(11(14)9-15-17)12(18)8-10-4-3-7-19-10/h9-10,12,18H,3-8H2,1-2H3. The van der Waals surface area contributed by atoms with E-state index in [1.165, 1.54) is 0 Å². The van der Waals surface area contributed by atoms with Gasteiger partial charge in [0.2, 0.25) is 0 Å². The molecule has 6 heteroatoms. The van der Waals surface area contributed by atoms with Crippen molar-refractivity contribution in [2.75, 3.05) is 27.2 Å². The average Bonchev–Trinajstić information content (AvgIpc) is 2.96. The summed E-state index contributed by atoms with van der Waals surface area (Å²) in [6.45, 7) is 2.49. The normalized spacial score (nSPS) is 21.2. The molecule has 0 spiro atoms. The molecule has 1 N–H and O–H groups in total. The summed E-state index contributed by atoms with van der Waals surface area (Å²) in [7, 11) is 4.06. The highest BCUT2D eigenvalue weighted by Gasteiger charge is 2.24. The van der Waals surface area contributed by atoms with E-state index in [1.807, 2.05) is 18.8 Å². The predicted molar refractivity (Wildman–Crippen MR) is 77.0 cm³/mol. The Bertz CT molecular complexity index is 403. The molecule has 0 aliphatic carbocycles. The fourth-order valence-corrected chi connectivity index (χ4v) is 2.93. The minimum Gasteiger partial charge on any atom is -0.387 e. The van der Waals surface area contributed by atoms with Gasteiger partial charge in [-0.05, 0) is 42.9 Å². The summed E-state index contributed by atoms with van der Waals surface area (Å²) in [6, 6.07) is 0. The van der Waals surface area contributed by atoms with Crippen molar-refractivity contribution in [1.82, 2.24) is 14.7 Å². The Morgan fingerprint density at radius 2 is 2.42 bits per heavy atom. The van der Waals surface area contributed by atoms with Crippen LogP contribution in [-0.2, 0) is 11.3 Å². The van der Waals surface area contributed by atoms with Crippen LogP contribution in [0.5, 0.6) is 0 Å². The van der Waals surface area contributed by atoms with E-state index in [9.17, 15) is 5.11 Å². The second kappa shape index (κ2) is 6.83. The number of hydrogen-bond donors (Lipinski definition) is 1. The molecule has 0 bridgehead atoms. The Labute approximate surface area is 122 Å². The Hall–Kier alpha value is -0.430. The summed E-state index contributed by atoms with van der Waals surface area (Å²) in [4.78, 5) is 2.10. The first-order valence-corrected chi connectivity index (χ1v) is 7.53. The van der Waals surface area contributed by atoms with E-state index >= 15 is 0 Å². The highest BCUT2D eigenvalue weighted by molar-refractivity contribution is 9.10. The average molecular weight is 332 g/mol. The molecule has 1 fully saturated rings. The molecule has 0 amide bonds. The van der Waals surface area contributed by atoms with Gasteiger partial charge in [0, 0.05) is 19.6 Å². The van der Waals surface area contributed by atoms with Crippen LogP contribution >= 0.6 is 15.9 Å². The summed E-state index contributed by atoms with van der Waals surface area (Å²) in [5, 5.41) is 14.7. The van der Waals surface area contributed by atoms with Gasteiger partial charge in [0.15, 0.2) is 0 Å². The number of likely N-dealkylation sites (N-methyl/N-ethyl adjacent to an activating group) is 1. The molecule has 2 atom stereocenters. The second-order valence-corrected chi connectivity index (χ2v) is 6.15. The Kier molecular flexibility index (Phi) is 5.38. The number of aliphatic hydroxyl groups excluding tert-OH is 1. The van der Waals surface area contributed by atoms with E-state index in [0.29, 0.717) is 6.42 Å². The number of aliphatic hydroxyl groups is 1. The molecule has 0 aromatic carbocycles. The zero-order chi connectivity index (χ0) is 13.8. The van der Waals surface area contributed by atoms with E-state index < -0.39 is 6.10 Å². The molecule has 2 rings (SSSR count). The van der Waals surface area contributed by atoms with Crippen LogP contribution in [0.2, 0.25) is 0 Å². The van der Waals surface area contributed by atoms with Gasteiger partial charge < -0.3 is 14.7 Å². The number of rotatable bonds is 6. The van der Waals surface area contributed by atoms with Gasteiger partial charge in [0.05, 0.1) is 35.1 Å². The molecule has 0 radical (unpaired) electrons. The van der Waals surface area contributed by atoms with Gasteiger partial charge >= 0.3 is 0 Å². The number of hydrogen-bond acceptors (Lipinski definition) is 4. The third kappa shape index (κ3) is 4.02. The maximum absolute atomic E-state index is 10.4. The van der Waals surface area contributed by atoms with Gasteiger partial charge in [0.1, 0.15) is 0 Å². The monoisotopic (exact) mass is 331 g/mol. The zero-order valence-corrected chi connectivity index (χ0v) is 13.1.